The van der Waals surface area contributed by atoms with Gasteiger partial charge in [0.15, 0.2) is 5.82 Å². The maximum Gasteiger partial charge on any atom is 0.220 e. The summed E-state index contributed by atoms with van der Waals surface area (Å²) in [5.41, 5.74) is 7.48. The highest BCUT2D eigenvalue weighted by Crippen LogP contribution is 2.31. The number of aromatic nitrogens is 4. The average molecular weight is 394 g/mol. The molecule has 1 aliphatic rings. The summed E-state index contributed by atoms with van der Waals surface area (Å²) in [5.74, 6) is 0.0409. The lowest BCUT2D eigenvalue weighted by Crippen LogP contribution is -2.41. The molecule has 1 fully saturated rings. The summed E-state index contributed by atoms with van der Waals surface area (Å²) in [5, 5.41) is 12.4. The fourth-order valence-electron chi connectivity index (χ4n) is 3.89. The second-order valence-corrected chi connectivity index (χ2v) is 7.35. The van der Waals surface area contributed by atoms with E-state index in [1.807, 2.05) is 30.3 Å². The standard InChI is InChI=1S/C21H23FN6O/c22-18-8-6-16(7-9-18)19(27-12-10-17(11-13-27)20(23)29)21-24-25-26-28(21)14-15-4-2-1-3-5-15/h1-9,17,19H,10-14H2,(H2,23,29)/t19-/m0/s1. The fourth-order valence-corrected chi connectivity index (χ4v) is 3.89. The lowest BCUT2D eigenvalue weighted by Gasteiger charge is -2.36. The summed E-state index contributed by atoms with van der Waals surface area (Å²) < 4.78 is 15.3. The van der Waals surface area contributed by atoms with Crippen molar-refractivity contribution in [1.82, 2.24) is 25.1 Å². The number of tetrazole rings is 1. The molecule has 8 heteroatoms. The Bertz CT molecular complexity index is 951. The van der Waals surface area contributed by atoms with Crippen molar-refractivity contribution in [1.29, 1.82) is 0 Å². The molecular weight excluding hydrogens is 371 g/mol. The molecule has 150 valence electrons. The number of likely N-dealkylation sites (tertiary alicyclic amines) is 1. The third-order valence-electron chi connectivity index (χ3n) is 5.46. The number of hydrogen-bond acceptors (Lipinski definition) is 5. The van der Waals surface area contributed by atoms with Crippen LogP contribution in [0.15, 0.2) is 54.6 Å². The maximum absolute atomic E-state index is 13.5. The highest BCUT2D eigenvalue weighted by molar-refractivity contribution is 5.76. The number of carbonyl (C=O) groups is 1. The predicted molar refractivity (Wildman–Crippen MR) is 105 cm³/mol. The van der Waals surface area contributed by atoms with Crippen molar-refractivity contribution in [2.45, 2.75) is 25.4 Å². The van der Waals surface area contributed by atoms with Gasteiger partial charge in [0, 0.05) is 5.92 Å². The number of hydrogen-bond donors (Lipinski definition) is 1. The molecule has 0 aliphatic carbocycles. The molecule has 3 aromatic rings. The van der Waals surface area contributed by atoms with Gasteiger partial charge in [-0.15, -0.1) is 5.10 Å². The van der Waals surface area contributed by atoms with Crippen molar-refractivity contribution in [3.63, 3.8) is 0 Å². The van der Waals surface area contributed by atoms with Gasteiger partial charge in [0.05, 0.1) is 12.6 Å². The van der Waals surface area contributed by atoms with Gasteiger partial charge in [-0.05, 0) is 59.6 Å². The zero-order valence-corrected chi connectivity index (χ0v) is 16.0. The minimum atomic E-state index is -0.288. The van der Waals surface area contributed by atoms with E-state index in [1.54, 1.807) is 16.8 Å². The Kier molecular flexibility index (Phi) is 5.62. The highest BCUT2D eigenvalue weighted by atomic mass is 19.1. The van der Waals surface area contributed by atoms with Crippen LogP contribution < -0.4 is 5.73 Å². The van der Waals surface area contributed by atoms with E-state index in [4.69, 9.17) is 5.73 Å². The van der Waals surface area contributed by atoms with Gasteiger partial charge in [0.1, 0.15) is 5.82 Å². The Balaban J connectivity index is 1.66. The molecule has 29 heavy (non-hydrogen) atoms. The number of piperidine rings is 1. The monoisotopic (exact) mass is 394 g/mol. The molecule has 7 nitrogen and oxygen atoms in total. The molecule has 1 aliphatic heterocycles. The van der Waals surface area contributed by atoms with E-state index in [1.165, 1.54) is 12.1 Å². The summed E-state index contributed by atoms with van der Waals surface area (Å²) in [6, 6.07) is 16.2. The van der Waals surface area contributed by atoms with Crippen LogP contribution in [0.3, 0.4) is 0 Å². The maximum atomic E-state index is 13.5. The fraction of sp³-hybridized carbons (Fsp3) is 0.333. The SMILES string of the molecule is NC(=O)C1CCN([C@@H](c2ccc(F)cc2)c2nnnn2Cc2ccccc2)CC1. The minimum absolute atomic E-state index is 0.111. The first-order chi connectivity index (χ1) is 14.1. The Morgan fingerprint density at radius 2 is 1.79 bits per heavy atom. The van der Waals surface area contributed by atoms with Gasteiger partial charge in [-0.1, -0.05) is 42.5 Å². The van der Waals surface area contributed by atoms with E-state index >= 15 is 0 Å². The second-order valence-electron chi connectivity index (χ2n) is 7.35. The third-order valence-corrected chi connectivity index (χ3v) is 5.46. The van der Waals surface area contributed by atoms with Gasteiger partial charge in [0.2, 0.25) is 5.91 Å². The molecule has 1 aromatic heterocycles. The molecule has 1 atom stereocenters. The largest absolute Gasteiger partial charge is 0.369 e. The summed E-state index contributed by atoms with van der Waals surface area (Å²) in [7, 11) is 0. The summed E-state index contributed by atoms with van der Waals surface area (Å²) in [4.78, 5) is 13.8. The van der Waals surface area contributed by atoms with Crippen molar-refractivity contribution < 1.29 is 9.18 Å². The molecule has 0 saturated carbocycles. The molecule has 0 spiro atoms. The van der Waals surface area contributed by atoms with E-state index in [0.29, 0.717) is 38.3 Å². The molecule has 0 bridgehead atoms. The van der Waals surface area contributed by atoms with E-state index in [9.17, 15) is 9.18 Å². The van der Waals surface area contributed by atoms with Gasteiger partial charge >= 0.3 is 0 Å². The molecule has 0 radical (unpaired) electrons. The van der Waals surface area contributed by atoms with Gasteiger partial charge in [-0.3, -0.25) is 9.69 Å². The molecule has 1 amide bonds. The summed E-state index contributed by atoms with van der Waals surface area (Å²) >= 11 is 0. The number of primary amides is 1. The van der Waals surface area contributed by atoms with Crippen LogP contribution in [0.5, 0.6) is 0 Å². The number of nitrogens with zero attached hydrogens (tertiary/aromatic N) is 5. The lowest BCUT2D eigenvalue weighted by molar-refractivity contribution is -0.123. The Labute approximate surface area is 168 Å². The third kappa shape index (κ3) is 4.32. The first kappa shape index (κ1) is 19.2. The van der Waals surface area contributed by atoms with Crippen LogP contribution in [0.4, 0.5) is 4.39 Å². The number of amides is 1. The quantitative estimate of drug-likeness (QED) is 0.692. The molecule has 1 saturated heterocycles. The van der Waals surface area contributed by atoms with Crippen molar-refractivity contribution in [3.8, 4) is 0 Å². The molecule has 4 rings (SSSR count). The predicted octanol–water partition coefficient (Wildman–Crippen LogP) is 2.15. The molecule has 2 heterocycles. The van der Waals surface area contributed by atoms with Crippen molar-refractivity contribution in [3.05, 3.63) is 77.4 Å². The van der Waals surface area contributed by atoms with Gasteiger partial charge < -0.3 is 5.73 Å². The Morgan fingerprint density at radius 1 is 1.10 bits per heavy atom. The van der Waals surface area contributed by atoms with Crippen molar-refractivity contribution >= 4 is 5.91 Å². The summed E-state index contributed by atoms with van der Waals surface area (Å²) in [6.45, 7) is 1.92. The zero-order chi connectivity index (χ0) is 20.2. The van der Waals surface area contributed by atoms with Crippen LogP contribution >= 0.6 is 0 Å². The zero-order valence-electron chi connectivity index (χ0n) is 16.0. The lowest BCUT2D eigenvalue weighted by atomic mass is 9.93. The number of carbonyl (C=O) groups excluding carboxylic acids is 1. The molecular formula is C21H23FN6O. The highest BCUT2D eigenvalue weighted by Gasteiger charge is 2.32. The van der Waals surface area contributed by atoms with E-state index in [0.717, 1.165) is 11.1 Å². The van der Waals surface area contributed by atoms with Gasteiger partial charge in [0.25, 0.3) is 0 Å². The smallest absolute Gasteiger partial charge is 0.220 e. The van der Waals surface area contributed by atoms with Gasteiger partial charge in [-0.25, -0.2) is 9.07 Å². The van der Waals surface area contributed by atoms with Crippen LogP contribution in [-0.4, -0.2) is 44.1 Å². The number of halogens is 1. The van der Waals surface area contributed by atoms with E-state index in [2.05, 4.69) is 20.4 Å². The number of nitrogens with two attached hydrogens (primary N) is 1. The van der Waals surface area contributed by atoms with Crippen LogP contribution in [0.25, 0.3) is 0 Å². The Morgan fingerprint density at radius 3 is 2.45 bits per heavy atom. The molecule has 0 unspecified atom stereocenters. The normalized spacial score (nSPS) is 16.6. The van der Waals surface area contributed by atoms with Gasteiger partial charge in [-0.2, -0.15) is 0 Å². The van der Waals surface area contributed by atoms with Crippen LogP contribution in [0.1, 0.15) is 35.8 Å². The van der Waals surface area contributed by atoms with Crippen molar-refractivity contribution in [2.75, 3.05) is 13.1 Å². The van der Waals surface area contributed by atoms with E-state index < -0.39 is 0 Å². The first-order valence-electron chi connectivity index (χ1n) is 9.70. The van der Waals surface area contributed by atoms with Crippen molar-refractivity contribution in [2.24, 2.45) is 11.7 Å². The van der Waals surface area contributed by atoms with Crippen LogP contribution in [0.2, 0.25) is 0 Å². The average Bonchev–Trinajstić information content (AvgIpc) is 3.18. The van der Waals surface area contributed by atoms with E-state index in [-0.39, 0.29) is 23.7 Å². The number of rotatable bonds is 6. The minimum Gasteiger partial charge on any atom is -0.369 e. The molecule has 2 N–H and O–H groups in total. The summed E-state index contributed by atoms with van der Waals surface area (Å²) in [6.07, 6.45) is 1.38. The first-order valence-corrected chi connectivity index (χ1v) is 9.70. The number of benzene rings is 2. The second kappa shape index (κ2) is 8.48. The van der Waals surface area contributed by atoms with Crippen LogP contribution in [-0.2, 0) is 11.3 Å². The molecule has 2 aromatic carbocycles. The topological polar surface area (TPSA) is 89.9 Å². The Hall–Kier alpha value is -3.13. The van der Waals surface area contributed by atoms with Crippen LogP contribution in [0, 0.1) is 11.7 Å².